The third kappa shape index (κ3) is 2.45. The summed E-state index contributed by atoms with van der Waals surface area (Å²) in [5.41, 5.74) is 0.360. The molecular weight excluding hydrogens is 226 g/mol. The summed E-state index contributed by atoms with van der Waals surface area (Å²) in [4.78, 5) is -0.0287. The van der Waals surface area contributed by atoms with Crippen LogP contribution in [-0.4, -0.2) is 20.1 Å². The van der Waals surface area contributed by atoms with Crippen LogP contribution in [0.2, 0.25) is 5.02 Å². The molecule has 0 aliphatic carbocycles. The summed E-state index contributed by atoms with van der Waals surface area (Å²) in [6.45, 7) is -0.174. The smallest absolute Gasteiger partial charge is 0.238 e. The number of hydrogen-bond donors (Lipinski definition) is 2. The van der Waals surface area contributed by atoms with E-state index in [0.717, 1.165) is 0 Å². The number of aliphatic hydroxyl groups is 1. The van der Waals surface area contributed by atoms with Crippen molar-refractivity contribution in [2.24, 2.45) is 5.14 Å². The molecule has 0 radical (unpaired) electrons. The molecule has 0 saturated heterocycles. The van der Waals surface area contributed by atoms with Gasteiger partial charge in [0.25, 0.3) is 0 Å². The van der Waals surface area contributed by atoms with Gasteiger partial charge in [0.2, 0.25) is 10.0 Å². The second kappa shape index (κ2) is 4.27. The zero-order valence-corrected chi connectivity index (χ0v) is 8.85. The lowest BCUT2D eigenvalue weighted by atomic mass is 10.1. The Kier molecular flexibility index (Phi) is 3.49. The fourth-order valence-corrected chi connectivity index (χ4v) is 2.31. The van der Waals surface area contributed by atoms with Gasteiger partial charge in [-0.05, 0) is 24.1 Å². The highest BCUT2D eigenvalue weighted by atomic mass is 35.5. The van der Waals surface area contributed by atoms with Crippen LogP contribution in [0.25, 0.3) is 0 Å². The number of primary sulfonamides is 1. The number of aliphatic hydroxyl groups excluding tert-OH is 1. The van der Waals surface area contributed by atoms with Crippen LogP contribution < -0.4 is 5.14 Å². The first-order valence-electron chi connectivity index (χ1n) is 3.88. The van der Waals surface area contributed by atoms with Gasteiger partial charge in [0.05, 0.1) is 4.90 Å². The van der Waals surface area contributed by atoms with Gasteiger partial charge in [-0.1, -0.05) is 17.7 Å². The van der Waals surface area contributed by atoms with E-state index in [1.165, 1.54) is 12.1 Å². The predicted octanol–water partition coefficient (Wildman–Crippen LogP) is 0.522. The first-order chi connectivity index (χ1) is 6.46. The maximum Gasteiger partial charge on any atom is 0.238 e. The first kappa shape index (κ1) is 11.5. The Bertz CT molecular complexity index is 430. The lowest BCUT2D eigenvalue weighted by molar-refractivity contribution is 0.299. The maximum absolute atomic E-state index is 11.1. The van der Waals surface area contributed by atoms with Gasteiger partial charge in [-0.25, -0.2) is 13.6 Å². The minimum atomic E-state index is -3.77. The minimum absolute atomic E-state index is 0.0287. The van der Waals surface area contributed by atoms with E-state index in [4.69, 9.17) is 21.8 Å². The van der Waals surface area contributed by atoms with Crippen molar-refractivity contribution in [2.45, 2.75) is 11.3 Å². The molecule has 3 N–H and O–H groups in total. The van der Waals surface area contributed by atoms with Crippen molar-refractivity contribution in [1.29, 1.82) is 0 Å². The molecule has 0 aliphatic heterocycles. The SMILES string of the molecule is NS(=O)(=O)c1cccc(Cl)c1CCO. The van der Waals surface area contributed by atoms with E-state index in [-0.39, 0.29) is 17.9 Å². The van der Waals surface area contributed by atoms with Crippen LogP contribution in [0.4, 0.5) is 0 Å². The summed E-state index contributed by atoms with van der Waals surface area (Å²) >= 11 is 5.78. The zero-order valence-electron chi connectivity index (χ0n) is 7.27. The molecule has 1 aromatic rings. The van der Waals surface area contributed by atoms with Gasteiger partial charge in [0.15, 0.2) is 0 Å². The lowest BCUT2D eigenvalue weighted by Crippen LogP contribution is -2.15. The molecule has 0 atom stereocenters. The van der Waals surface area contributed by atoms with Crippen LogP contribution in [0.5, 0.6) is 0 Å². The van der Waals surface area contributed by atoms with Crippen molar-refractivity contribution in [3.8, 4) is 0 Å². The topological polar surface area (TPSA) is 80.4 Å². The molecular formula is C8H10ClNO3S. The summed E-state index contributed by atoms with van der Waals surface area (Å²) in [7, 11) is -3.77. The van der Waals surface area contributed by atoms with Crippen molar-refractivity contribution in [3.05, 3.63) is 28.8 Å². The van der Waals surface area contributed by atoms with Crippen molar-refractivity contribution >= 4 is 21.6 Å². The van der Waals surface area contributed by atoms with Crippen LogP contribution in [0.15, 0.2) is 23.1 Å². The van der Waals surface area contributed by atoms with E-state index in [1.54, 1.807) is 6.07 Å². The fourth-order valence-electron chi connectivity index (χ4n) is 1.16. The largest absolute Gasteiger partial charge is 0.396 e. The van der Waals surface area contributed by atoms with Crippen molar-refractivity contribution in [2.75, 3.05) is 6.61 Å². The summed E-state index contributed by atoms with van der Waals surface area (Å²) in [6.07, 6.45) is 0.172. The second-order valence-electron chi connectivity index (χ2n) is 2.74. The Morgan fingerprint density at radius 2 is 2.07 bits per heavy atom. The van der Waals surface area contributed by atoms with Crippen LogP contribution in [0, 0.1) is 0 Å². The van der Waals surface area contributed by atoms with Gasteiger partial charge < -0.3 is 5.11 Å². The van der Waals surface area contributed by atoms with Gasteiger partial charge >= 0.3 is 0 Å². The lowest BCUT2D eigenvalue weighted by Gasteiger charge is -2.07. The molecule has 0 heterocycles. The highest BCUT2D eigenvalue weighted by molar-refractivity contribution is 7.89. The molecule has 1 rings (SSSR count). The summed E-state index contributed by atoms with van der Waals surface area (Å²) < 4.78 is 22.2. The molecule has 14 heavy (non-hydrogen) atoms. The number of rotatable bonds is 3. The van der Waals surface area contributed by atoms with E-state index in [1.807, 2.05) is 0 Å². The summed E-state index contributed by atoms with van der Waals surface area (Å²) in [5.74, 6) is 0. The van der Waals surface area contributed by atoms with Crippen molar-refractivity contribution in [1.82, 2.24) is 0 Å². The standard InChI is InChI=1S/C8H10ClNO3S/c9-7-2-1-3-8(14(10,12)13)6(7)4-5-11/h1-3,11H,4-5H2,(H2,10,12,13). The van der Waals surface area contributed by atoms with Crippen LogP contribution in [0.3, 0.4) is 0 Å². The Balaban J connectivity index is 3.36. The van der Waals surface area contributed by atoms with Gasteiger partial charge in [-0.15, -0.1) is 0 Å². The van der Waals surface area contributed by atoms with Gasteiger partial charge in [0.1, 0.15) is 0 Å². The molecule has 0 saturated carbocycles. The molecule has 0 fully saturated rings. The van der Waals surface area contributed by atoms with Crippen LogP contribution in [-0.2, 0) is 16.4 Å². The monoisotopic (exact) mass is 235 g/mol. The van der Waals surface area contributed by atoms with Gasteiger partial charge in [-0.3, -0.25) is 0 Å². The summed E-state index contributed by atoms with van der Waals surface area (Å²) in [6, 6.07) is 4.43. The predicted molar refractivity (Wildman–Crippen MR) is 53.6 cm³/mol. The number of hydrogen-bond acceptors (Lipinski definition) is 3. The molecule has 1 aromatic carbocycles. The first-order valence-corrected chi connectivity index (χ1v) is 5.80. The zero-order chi connectivity index (χ0) is 10.8. The number of halogens is 1. The van der Waals surface area contributed by atoms with Gasteiger partial charge in [0, 0.05) is 11.6 Å². The Morgan fingerprint density at radius 1 is 1.43 bits per heavy atom. The van der Waals surface area contributed by atoms with E-state index in [9.17, 15) is 8.42 Å². The Labute approximate surface area is 87.4 Å². The molecule has 4 nitrogen and oxygen atoms in total. The summed E-state index contributed by atoms with van der Waals surface area (Å²) in [5, 5.41) is 14.0. The normalized spacial score (nSPS) is 11.6. The molecule has 78 valence electrons. The molecule has 0 aromatic heterocycles. The Hall–Kier alpha value is -0.620. The number of nitrogens with two attached hydrogens (primary N) is 1. The molecule has 0 unspecified atom stereocenters. The van der Waals surface area contributed by atoms with E-state index >= 15 is 0 Å². The molecule has 0 bridgehead atoms. The van der Waals surface area contributed by atoms with Crippen molar-refractivity contribution in [3.63, 3.8) is 0 Å². The van der Waals surface area contributed by atoms with Crippen LogP contribution in [0.1, 0.15) is 5.56 Å². The fraction of sp³-hybridized carbons (Fsp3) is 0.250. The van der Waals surface area contributed by atoms with E-state index in [2.05, 4.69) is 0 Å². The maximum atomic E-state index is 11.1. The second-order valence-corrected chi connectivity index (χ2v) is 4.67. The third-order valence-corrected chi connectivity index (χ3v) is 3.09. The van der Waals surface area contributed by atoms with E-state index in [0.29, 0.717) is 10.6 Å². The average Bonchev–Trinajstić information content (AvgIpc) is 2.07. The van der Waals surface area contributed by atoms with Gasteiger partial charge in [-0.2, -0.15) is 0 Å². The minimum Gasteiger partial charge on any atom is -0.396 e. The molecule has 0 spiro atoms. The van der Waals surface area contributed by atoms with Crippen LogP contribution >= 0.6 is 11.6 Å². The number of benzene rings is 1. The van der Waals surface area contributed by atoms with Crippen molar-refractivity contribution < 1.29 is 13.5 Å². The highest BCUT2D eigenvalue weighted by Crippen LogP contribution is 2.23. The number of sulfonamides is 1. The highest BCUT2D eigenvalue weighted by Gasteiger charge is 2.15. The van der Waals surface area contributed by atoms with E-state index < -0.39 is 10.0 Å². The average molecular weight is 236 g/mol. The molecule has 0 amide bonds. The molecule has 6 heteroatoms. The quantitative estimate of drug-likeness (QED) is 0.802. The Morgan fingerprint density at radius 3 is 2.57 bits per heavy atom. The molecule has 0 aliphatic rings. The third-order valence-electron chi connectivity index (χ3n) is 1.74.